The zero-order valence-corrected chi connectivity index (χ0v) is 26.0. The van der Waals surface area contributed by atoms with Crippen LogP contribution in [0, 0.1) is 6.92 Å². The Labute approximate surface area is 258 Å². The number of hydrogen-bond donors (Lipinski definition) is 4. The Morgan fingerprint density at radius 2 is 1.20 bits per heavy atom. The van der Waals surface area contributed by atoms with Crippen LogP contribution < -0.4 is 42.2 Å². The molecule has 240 valence electrons. The molecule has 0 spiro atoms. The monoisotopic (exact) mass is 624 g/mol. The third kappa shape index (κ3) is 7.84. The first-order valence-electron chi connectivity index (χ1n) is 13.6. The summed E-state index contributed by atoms with van der Waals surface area (Å²) >= 11 is 0. The molecule has 0 bridgehead atoms. The van der Waals surface area contributed by atoms with Gasteiger partial charge in [0.1, 0.15) is 5.69 Å². The lowest BCUT2D eigenvalue weighted by Gasteiger charge is -2.16. The van der Waals surface area contributed by atoms with Crippen molar-refractivity contribution in [3.63, 3.8) is 0 Å². The van der Waals surface area contributed by atoms with Gasteiger partial charge in [0.2, 0.25) is 5.43 Å². The van der Waals surface area contributed by atoms with Crippen LogP contribution in [0.15, 0.2) is 55.6 Å². The van der Waals surface area contributed by atoms with Crippen molar-refractivity contribution in [2.75, 3.05) is 52.5 Å². The van der Waals surface area contributed by atoms with Crippen LogP contribution in [0.25, 0.3) is 0 Å². The first kappa shape index (κ1) is 35.5. The first-order valence-corrected chi connectivity index (χ1v) is 13.6. The van der Waals surface area contributed by atoms with Gasteiger partial charge in [-0.3, -0.25) is 28.8 Å². The molecule has 4 aromatic carbocycles. The fourth-order valence-electron chi connectivity index (χ4n) is 3.74. The Bertz CT molecular complexity index is 1830. The van der Waals surface area contributed by atoms with Gasteiger partial charge >= 0.3 is 0 Å². The number of nitrogen functional groups attached to an aromatic ring is 1. The SMILES string of the molecule is CCOc1c(C)c(=O)c1=O.CCOc1c(Nc2cccc(C(=O)N(C)C)c2O)c(=O)c1=O.CN(C)C(=O)c1cccc(N)c1O. The summed E-state index contributed by atoms with van der Waals surface area (Å²) in [4.78, 5) is 70.3. The zero-order valence-electron chi connectivity index (χ0n) is 26.0. The lowest BCUT2D eigenvalue weighted by molar-refractivity contribution is 0.0817. The average molecular weight is 625 g/mol. The molecule has 0 atom stereocenters. The largest absolute Gasteiger partial charge is 0.505 e. The van der Waals surface area contributed by atoms with Crippen LogP contribution >= 0.6 is 0 Å². The highest BCUT2D eigenvalue weighted by atomic mass is 16.5. The molecule has 0 aliphatic rings. The maximum absolute atomic E-state index is 12.0. The van der Waals surface area contributed by atoms with Crippen LogP contribution in [-0.4, -0.2) is 73.2 Å². The van der Waals surface area contributed by atoms with Crippen LogP contribution in [0.3, 0.4) is 0 Å². The zero-order chi connectivity index (χ0) is 34.2. The van der Waals surface area contributed by atoms with E-state index < -0.39 is 21.7 Å². The molecule has 5 N–H and O–H groups in total. The summed E-state index contributed by atoms with van der Waals surface area (Å²) in [7, 11) is 6.35. The van der Waals surface area contributed by atoms with Crippen LogP contribution in [0.2, 0.25) is 0 Å². The molecule has 0 saturated carbocycles. The molecule has 4 aromatic rings. The van der Waals surface area contributed by atoms with E-state index in [2.05, 4.69) is 5.32 Å². The second kappa shape index (κ2) is 15.2. The van der Waals surface area contributed by atoms with E-state index in [-0.39, 0.29) is 69.6 Å². The normalized spacial score (nSPS) is 10.2. The van der Waals surface area contributed by atoms with Gasteiger partial charge in [-0.05, 0) is 45.0 Å². The maximum Gasteiger partial charge on any atom is 0.272 e. The molecule has 14 nitrogen and oxygen atoms in total. The Morgan fingerprint density at radius 3 is 1.69 bits per heavy atom. The van der Waals surface area contributed by atoms with Gasteiger partial charge in [0.25, 0.3) is 28.1 Å². The van der Waals surface area contributed by atoms with E-state index in [1.165, 1.54) is 28.0 Å². The summed E-state index contributed by atoms with van der Waals surface area (Å²) in [6.45, 7) is 5.73. The maximum atomic E-state index is 12.0. The lowest BCUT2D eigenvalue weighted by atomic mass is 10.1. The number of carbonyl (C=O) groups is 2. The van der Waals surface area contributed by atoms with Gasteiger partial charge in [-0.25, -0.2) is 0 Å². The van der Waals surface area contributed by atoms with Crippen molar-refractivity contribution >= 4 is 28.9 Å². The molecule has 0 aliphatic heterocycles. The van der Waals surface area contributed by atoms with E-state index in [9.17, 15) is 39.0 Å². The van der Waals surface area contributed by atoms with Crippen molar-refractivity contribution in [1.29, 1.82) is 0 Å². The standard InChI is InChI=1S/C15H16N2O5.C9H12N2O2.C7H8O3/c1-4-22-14-10(12(19)13(14)20)16-9-7-5-6-8(11(9)18)15(21)17(2)3;1-11(2)9(13)6-4-3-5-7(10)8(6)12;1-3-10-7-4(2)5(8)6(7)9/h5-7,16,18H,4H2,1-3H3;3-5,12H,10H2,1-2H3;3H2,1-2H3. The summed E-state index contributed by atoms with van der Waals surface area (Å²) in [6.07, 6.45) is 0. The van der Waals surface area contributed by atoms with Gasteiger partial charge < -0.3 is 40.5 Å². The molecular formula is C31H36N4O10. The topological polar surface area (TPSA) is 206 Å². The van der Waals surface area contributed by atoms with E-state index >= 15 is 0 Å². The number of nitrogens with two attached hydrogens (primary N) is 1. The second-order valence-corrected chi connectivity index (χ2v) is 9.81. The second-order valence-electron chi connectivity index (χ2n) is 9.81. The fraction of sp³-hybridized carbons (Fsp3) is 0.290. The third-order valence-electron chi connectivity index (χ3n) is 6.17. The quantitative estimate of drug-likeness (QED) is 0.125. The fourth-order valence-corrected chi connectivity index (χ4v) is 3.74. The minimum atomic E-state index is -0.716. The predicted octanol–water partition coefficient (Wildman–Crippen LogP) is 1.50. The molecule has 2 amide bonds. The molecule has 0 heterocycles. The summed E-state index contributed by atoms with van der Waals surface area (Å²) in [5.41, 5.74) is 4.24. The van der Waals surface area contributed by atoms with Crippen molar-refractivity contribution in [3.8, 4) is 23.0 Å². The summed E-state index contributed by atoms with van der Waals surface area (Å²) in [5, 5.41) is 22.3. The van der Waals surface area contributed by atoms with Crippen molar-refractivity contribution in [2.24, 2.45) is 0 Å². The summed E-state index contributed by atoms with van der Waals surface area (Å²) in [5.74, 6) is -0.900. The Kier molecular flexibility index (Phi) is 12.0. The minimum absolute atomic E-state index is 0.0170. The van der Waals surface area contributed by atoms with Crippen molar-refractivity contribution < 1.29 is 29.3 Å². The number of rotatable bonds is 8. The number of nitrogens with one attached hydrogen (secondary N) is 1. The molecule has 0 aliphatic carbocycles. The molecule has 0 saturated heterocycles. The van der Waals surface area contributed by atoms with Crippen LogP contribution in [0.1, 0.15) is 40.1 Å². The molecule has 0 radical (unpaired) electrons. The van der Waals surface area contributed by atoms with Crippen LogP contribution in [0.5, 0.6) is 23.0 Å². The average Bonchev–Trinajstić information content (AvgIpc) is 3.02. The van der Waals surface area contributed by atoms with E-state index in [0.29, 0.717) is 12.2 Å². The third-order valence-corrected chi connectivity index (χ3v) is 6.17. The van der Waals surface area contributed by atoms with Gasteiger partial charge in [0, 0.05) is 33.8 Å². The van der Waals surface area contributed by atoms with Gasteiger partial charge in [0.05, 0.1) is 35.7 Å². The molecule has 0 unspecified atom stereocenters. The smallest absolute Gasteiger partial charge is 0.272 e. The molecule has 4 rings (SSSR count). The first-order chi connectivity index (χ1) is 21.1. The van der Waals surface area contributed by atoms with Gasteiger partial charge in [0.15, 0.2) is 23.0 Å². The summed E-state index contributed by atoms with van der Waals surface area (Å²) < 4.78 is 9.97. The predicted molar refractivity (Wildman–Crippen MR) is 170 cm³/mol. The van der Waals surface area contributed by atoms with Crippen LogP contribution in [0.4, 0.5) is 17.1 Å². The van der Waals surface area contributed by atoms with Gasteiger partial charge in [-0.1, -0.05) is 12.1 Å². The number of carbonyl (C=O) groups excluding carboxylic acids is 2. The van der Waals surface area contributed by atoms with Gasteiger partial charge in [-0.2, -0.15) is 0 Å². The molecule has 45 heavy (non-hydrogen) atoms. The molecule has 0 aromatic heterocycles. The van der Waals surface area contributed by atoms with Crippen LogP contribution in [-0.2, 0) is 0 Å². The number of nitrogens with zero attached hydrogens (tertiary/aromatic N) is 2. The van der Waals surface area contributed by atoms with Crippen molar-refractivity contribution in [2.45, 2.75) is 20.8 Å². The highest BCUT2D eigenvalue weighted by Gasteiger charge is 2.24. The number of anilines is 3. The lowest BCUT2D eigenvalue weighted by Crippen LogP contribution is -2.35. The van der Waals surface area contributed by atoms with E-state index in [4.69, 9.17) is 15.2 Å². The minimum Gasteiger partial charge on any atom is -0.505 e. The van der Waals surface area contributed by atoms with E-state index in [0.717, 1.165) is 0 Å². The van der Waals surface area contributed by atoms with E-state index in [1.54, 1.807) is 67.2 Å². The number of phenolic OH excluding ortho intramolecular Hbond substituents is 2. The van der Waals surface area contributed by atoms with E-state index in [1.807, 2.05) is 0 Å². The number of ether oxygens (including phenoxy) is 2. The Balaban J connectivity index is 0.000000259. The highest BCUT2D eigenvalue weighted by Crippen LogP contribution is 2.32. The number of benzene rings is 2. The number of phenols is 2. The van der Waals surface area contributed by atoms with Crippen molar-refractivity contribution in [3.05, 3.63) is 94.0 Å². The molecule has 14 heteroatoms. The van der Waals surface area contributed by atoms with Gasteiger partial charge in [-0.15, -0.1) is 0 Å². The van der Waals surface area contributed by atoms with Crippen molar-refractivity contribution in [1.82, 2.24) is 9.80 Å². The molecule has 0 fully saturated rings. The number of para-hydroxylation sites is 2. The number of amides is 2. The number of hydrogen-bond acceptors (Lipinski definition) is 12. The summed E-state index contributed by atoms with van der Waals surface area (Å²) in [6, 6.07) is 9.23. The molecular weight excluding hydrogens is 588 g/mol. The number of aromatic hydroxyl groups is 2. The Hall–Kier alpha value is -5.66. The highest BCUT2D eigenvalue weighted by molar-refractivity contribution is 5.99. The Morgan fingerprint density at radius 1 is 0.733 bits per heavy atom.